The zero-order chi connectivity index (χ0) is 18.9. The van der Waals surface area contributed by atoms with Crippen LogP contribution in [0.3, 0.4) is 0 Å². The summed E-state index contributed by atoms with van der Waals surface area (Å²) < 4.78 is 5.36. The number of nitrogens with zero attached hydrogens (tertiary/aromatic N) is 2. The van der Waals surface area contributed by atoms with Crippen molar-refractivity contribution in [1.29, 1.82) is 0 Å². The van der Waals surface area contributed by atoms with Crippen LogP contribution in [0.25, 0.3) is 0 Å². The molecule has 0 spiro atoms. The summed E-state index contributed by atoms with van der Waals surface area (Å²) in [5.74, 6) is 0.158. The first-order valence-corrected chi connectivity index (χ1v) is 9.32. The number of ether oxygens (including phenoxy) is 1. The average Bonchev–Trinajstić information content (AvgIpc) is 2.71. The molecule has 1 heterocycles. The van der Waals surface area contributed by atoms with Crippen LogP contribution in [0.1, 0.15) is 10.4 Å². The molecular weight excluding hydrogens is 364 g/mol. The third-order valence-electron chi connectivity index (χ3n) is 4.18. The van der Waals surface area contributed by atoms with Gasteiger partial charge < -0.3 is 10.1 Å². The second-order valence-corrected chi connectivity index (χ2v) is 6.52. The lowest BCUT2D eigenvalue weighted by molar-refractivity contribution is 0.0394. The zero-order valence-corrected chi connectivity index (χ0v) is 15.8. The average molecular weight is 387 g/mol. The SMILES string of the molecule is O=C(NC(=NCCN1CCOCC1)Nc1ccccc1Cl)c1ccccc1. The van der Waals surface area contributed by atoms with E-state index in [4.69, 9.17) is 16.3 Å². The second kappa shape index (κ2) is 10.1. The van der Waals surface area contributed by atoms with Gasteiger partial charge in [0.15, 0.2) is 0 Å². The Labute approximate surface area is 164 Å². The molecule has 0 atom stereocenters. The number of nitrogens with one attached hydrogen (secondary N) is 2. The lowest BCUT2D eigenvalue weighted by Crippen LogP contribution is -2.39. The molecule has 27 heavy (non-hydrogen) atoms. The van der Waals surface area contributed by atoms with Gasteiger partial charge in [-0.25, -0.2) is 0 Å². The Morgan fingerprint density at radius 2 is 1.78 bits per heavy atom. The van der Waals surface area contributed by atoms with Crippen LogP contribution in [0.2, 0.25) is 5.02 Å². The van der Waals surface area contributed by atoms with Crippen molar-refractivity contribution in [3.63, 3.8) is 0 Å². The Morgan fingerprint density at radius 3 is 2.52 bits per heavy atom. The number of carbonyl (C=O) groups excluding carboxylic acids is 1. The van der Waals surface area contributed by atoms with Crippen molar-refractivity contribution in [2.75, 3.05) is 44.7 Å². The van der Waals surface area contributed by atoms with E-state index in [0.717, 1.165) is 32.8 Å². The van der Waals surface area contributed by atoms with Gasteiger partial charge in [0.1, 0.15) is 0 Å². The molecule has 1 fully saturated rings. The minimum Gasteiger partial charge on any atom is -0.379 e. The fraction of sp³-hybridized carbons (Fsp3) is 0.300. The van der Waals surface area contributed by atoms with Crippen molar-refractivity contribution in [3.8, 4) is 0 Å². The first kappa shape index (κ1) is 19.4. The molecular formula is C20H23ClN4O2. The van der Waals surface area contributed by atoms with E-state index in [1.54, 1.807) is 18.2 Å². The van der Waals surface area contributed by atoms with Crippen LogP contribution in [0.15, 0.2) is 59.6 Å². The number of carbonyl (C=O) groups is 1. The van der Waals surface area contributed by atoms with E-state index in [-0.39, 0.29) is 5.91 Å². The number of guanidine groups is 1. The molecule has 0 radical (unpaired) electrons. The molecule has 0 unspecified atom stereocenters. The first-order valence-electron chi connectivity index (χ1n) is 8.95. The molecule has 2 N–H and O–H groups in total. The molecule has 1 aliphatic rings. The Hall–Kier alpha value is -2.41. The van der Waals surface area contributed by atoms with Gasteiger partial charge in [-0.05, 0) is 24.3 Å². The molecule has 142 valence electrons. The van der Waals surface area contributed by atoms with Gasteiger partial charge in [-0.3, -0.25) is 20.0 Å². The molecule has 2 aromatic rings. The summed E-state index contributed by atoms with van der Waals surface area (Å²) in [5.41, 5.74) is 1.26. The predicted molar refractivity (Wildman–Crippen MR) is 109 cm³/mol. The van der Waals surface area contributed by atoms with Crippen molar-refractivity contribution < 1.29 is 9.53 Å². The number of rotatable bonds is 5. The van der Waals surface area contributed by atoms with Gasteiger partial charge >= 0.3 is 0 Å². The summed E-state index contributed by atoms with van der Waals surface area (Å²) in [7, 11) is 0. The van der Waals surface area contributed by atoms with E-state index >= 15 is 0 Å². The Morgan fingerprint density at radius 1 is 1.07 bits per heavy atom. The highest BCUT2D eigenvalue weighted by molar-refractivity contribution is 6.33. The number of morpholine rings is 1. The maximum atomic E-state index is 12.5. The molecule has 6 nitrogen and oxygen atoms in total. The minimum atomic E-state index is -0.222. The maximum Gasteiger partial charge on any atom is 0.257 e. The molecule has 1 amide bonds. The number of aliphatic imine (C=N–C) groups is 1. The van der Waals surface area contributed by atoms with Crippen LogP contribution < -0.4 is 10.6 Å². The number of hydrogen-bond donors (Lipinski definition) is 2. The molecule has 0 aliphatic carbocycles. The van der Waals surface area contributed by atoms with Gasteiger partial charge in [-0.1, -0.05) is 41.9 Å². The fourth-order valence-electron chi connectivity index (χ4n) is 2.70. The quantitative estimate of drug-likeness (QED) is 0.612. The van der Waals surface area contributed by atoms with Crippen LogP contribution in [-0.4, -0.2) is 56.2 Å². The van der Waals surface area contributed by atoms with Crippen molar-refractivity contribution in [1.82, 2.24) is 10.2 Å². The fourth-order valence-corrected chi connectivity index (χ4v) is 2.88. The molecule has 7 heteroatoms. The van der Waals surface area contributed by atoms with Crippen molar-refractivity contribution in [2.24, 2.45) is 4.99 Å². The highest BCUT2D eigenvalue weighted by Gasteiger charge is 2.12. The number of anilines is 1. The smallest absolute Gasteiger partial charge is 0.257 e. The van der Waals surface area contributed by atoms with E-state index in [0.29, 0.717) is 28.8 Å². The van der Waals surface area contributed by atoms with Gasteiger partial charge in [0.25, 0.3) is 5.91 Å². The third-order valence-corrected chi connectivity index (χ3v) is 4.51. The van der Waals surface area contributed by atoms with Crippen LogP contribution in [0.4, 0.5) is 5.69 Å². The molecule has 0 saturated carbocycles. The largest absolute Gasteiger partial charge is 0.379 e. The van der Waals surface area contributed by atoms with Crippen LogP contribution >= 0.6 is 11.6 Å². The van der Waals surface area contributed by atoms with E-state index < -0.39 is 0 Å². The van der Waals surface area contributed by atoms with Gasteiger partial charge in [0, 0.05) is 25.2 Å². The number of halogens is 1. The Balaban J connectivity index is 1.68. The van der Waals surface area contributed by atoms with E-state index in [2.05, 4.69) is 20.5 Å². The van der Waals surface area contributed by atoms with E-state index in [9.17, 15) is 4.79 Å². The minimum absolute atomic E-state index is 0.222. The molecule has 1 saturated heterocycles. The van der Waals surface area contributed by atoms with Crippen LogP contribution in [0, 0.1) is 0 Å². The van der Waals surface area contributed by atoms with Crippen molar-refractivity contribution in [2.45, 2.75) is 0 Å². The standard InChI is InChI=1S/C20H23ClN4O2/c21-17-8-4-5-9-18(17)23-20(22-10-11-25-12-14-27-15-13-25)24-19(26)16-6-2-1-3-7-16/h1-9H,10-15H2,(H2,22,23,24,26). The van der Waals surface area contributed by atoms with E-state index in [1.807, 2.05) is 36.4 Å². The monoisotopic (exact) mass is 386 g/mol. The summed E-state index contributed by atoms with van der Waals surface area (Å²) in [6.45, 7) is 4.66. The highest BCUT2D eigenvalue weighted by Crippen LogP contribution is 2.20. The number of benzene rings is 2. The maximum absolute atomic E-state index is 12.5. The summed E-state index contributed by atoms with van der Waals surface area (Å²) in [6.07, 6.45) is 0. The molecule has 2 aromatic carbocycles. The van der Waals surface area contributed by atoms with Crippen molar-refractivity contribution in [3.05, 3.63) is 65.2 Å². The third kappa shape index (κ3) is 6.06. The lowest BCUT2D eigenvalue weighted by Gasteiger charge is -2.25. The molecule has 0 aromatic heterocycles. The van der Waals surface area contributed by atoms with Crippen LogP contribution in [-0.2, 0) is 4.74 Å². The van der Waals surface area contributed by atoms with Crippen molar-refractivity contribution >= 4 is 29.2 Å². The lowest BCUT2D eigenvalue weighted by atomic mass is 10.2. The highest BCUT2D eigenvalue weighted by atomic mass is 35.5. The number of para-hydroxylation sites is 1. The van der Waals surface area contributed by atoms with E-state index in [1.165, 1.54) is 0 Å². The summed E-state index contributed by atoms with van der Waals surface area (Å²) >= 11 is 6.23. The number of amides is 1. The second-order valence-electron chi connectivity index (χ2n) is 6.11. The predicted octanol–water partition coefficient (Wildman–Crippen LogP) is 2.87. The van der Waals surface area contributed by atoms with Gasteiger partial charge in [0.2, 0.25) is 5.96 Å². The molecule has 1 aliphatic heterocycles. The number of hydrogen-bond acceptors (Lipinski definition) is 4. The zero-order valence-electron chi connectivity index (χ0n) is 15.0. The first-order chi connectivity index (χ1) is 13.2. The Bertz CT molecular complexity index is 777. The van der Waals surface area contributed by atoms with Gasteiger partial charge in [-0.15, -0.1) is 0 Å². The van der Waals surface area contributed by atoms with Gasteiger partial charge in [0.05, 0.1) is 30.5 Å². The topological polar surface area (TPSA) is 66.0 Å². The molecule has 3 rings (SSSR count). The molecule has 0 bridgehead atoms. The summed E-state index contributed by atoms with van der Waals surface area (Å²) in [5, 5.41) is 6.54. The summed E-state index contributed by atoms with van der Waals surface area (Å²) in [6, 6.07) is 16.4. The normalized spacial score (nSPS) is 15.4. The Kier molecular flexibility index (Phi) is 7.21. The van der Waals surface area contributed by atoms with Gasteiger partial charge in [-0.2, -0.15) is 0 Å². The summed E-state index contributed by atoms with van der Waals surface area (Å²) in [4.78, 5) is 19.3. The van der Waals surface area contributed by atoms with Crippen LogP contribution in [0.5, 0.6) is 0 Å².